The highest BCUT2D eigenvalue weighted by atomic mass is 33.1. The van der Waals surface area contributed by atoms with Crippen LogP contribution in [0, 0.1) is 0 Å². The van der Waals surface area contributed by atoms with E-state index in [0.717, 1.165) is 32.7 Å². The third-order valence-corrected chi connectivity index (χ3v) is 8.29. The molecule has 0 aliphatic carbocycles. The Balaban J connectivity index is 1.97. The maximum Gasteiger partial charge on any atom is 0.408 e. The first kappa shape index (κ1) is 41.7. The molecule has 0 saturated carbocycles. The zero-order valence-electron chi connectivity index (χ0n) is 29.1. The smallest absolute Gasteiger partial charge is 0.408 e. The number of alkyl carbamates (subject to hydrolysis) is 2. The number of nitrogens with one attached hydrogen (secondary N) is 4. The van der Waals surface area contributed by atoms with Crippen molar-refractivity contribution in [1.82, 2.24) is 21.3 Å². The minimum atomic E-state index is -1.14. The first-order valence-electron chi connectivity index (χ1n) is 15.7. The number of carbonyl (C=O) groups is 6. The van der Waals surface area contributed by atoms with Gasteiger partial charge in [-0.1, -0.05) is 82.3 Å². The molecule has 274 valence electrons. The molecule has 0 aliphatic heterocycles. The molecule has 0 saturated heterocycles. The van der Waals surface area contributed by atoms with Crippen LogP contribution >= 0.6 is 21.6 Å². The highest BCUT2D eigenvalue weighted by molar-refractivity contribution is 8.76. The average molecular weight is 735 g/mol. The monoisotopic (exact) mass is 734 g/mol. The lowest BCUT2D eigenvalue weighted by Crippen LogP contribution is -2.51. The second-order valence-electron chi connectivity index (χ2n) is 12.7. The van der Waals surface area contributed by atoms with Crippen molar-refractivity contribution >= 4 is 57.5 Å². The van der Waals surface area contributed by atoms with Gasteiger partial charge in [-0.3, -0.25) is 19.2 Å². The summed E-state index contributed by atoms with van der Waals surface area (Å²) in [4.78, 5) is 75.6. The van der Waals surface area contributed by atoms with Crippen LogP contribution in [0.4, 0.5) is 9.59 Å². The second-order valence-corrected chi connectivity index (χ2v) is 15.2. The van der Waals surface area contributed by atoms with Crippen LogP contribution in [0.25, 0.3) is 0 Å². The number of esters is 2. The van der Waals surface area contributed by atoms with E-state index in [4.69, 9.17) is 18.9 Å². The number of hydrogen-bond donors (Lipinski definition) is 4. The molecule has 4 amide bonds. The molecule has 0 aromatic heterocycles. The number of carbonyl (C=O) groups excluding carboxylic acids is 6. The molecule has 4 N–H and O–H groups in total. The van der Waals surface area contributed by atoms with Crippen LogP contribution in [0.1, 0.15) is 52.7 Å². The lowest BCUT2D eigenvalue weighted by molar-refractivity contribution is -0.145. The molecule has 0 bridgehead atoms. The van der Waals surface area contributed by atoms with Crippen LogP contribution < -0.4 is 21.3 Å². The Kier molecular flexibility index (Phi) is 17.5. The molecule has 0 radical (unpaired) electrons. The summed E-state index contributed by atoms with van der Waals surface area (Å²) in [5.74, 6) is -2.72. The van der Waals surface area contributed by atoms with Crippen LogP contribution in [0.5, 0.6) is 0 Å². The van der Waals surface area contributed by atoms with Gasteiger partial charge in [0.25, 0.3) is 0 Å². The van der Waals surface area contributed by atoms with Gasteiger partial charge < -0.3 is 40.2 Å². The normalized spacial score (nSPS) is 12.4. The number of benzene rings is 2. The zero-order valence-corrected chi connectivity index (χ0v) is 30.7. The van der Waals surface area contributed by atoms with E-state index in [1.807, 2.05) is 12.1 Å². The van der Waals surface area contributed by atoms with E-state index in [1.165, 1.54) is 0 Å². The molecule has 14 nitrogen and oxygen atoms in total. The number of hydrogen-bond acceptors (Lipinski definition) is 12. The molecule has 50 heavy (non-hydrogen) atoms. The fourth-order valence-electron chi connectivity index (χ4n) is 3.64. The molecule has 0 aliphatic rings. The van der Waals surface area contributed by atoms with Gasteiger partial charge in [0.1, 0.15) is 49.6 Å². The maximum atomic E-state index is 13.0. The standard InChI is InChI=1S/C34H46N4O10S2/c1-33(2,3)47-31(43)37-25(29(41)35-17-27(39)45-19-23-13-9-7-10-14-23)21-49-50-22-26(38-32(44)48-34(4,5)6)30(42)36-18-28(40)46-20-24-15-11-8-12-16-24/h7-16,25-26H,17-22H2,1-6H3,(H,35,41)(H,36,42)(H,37,43)(H,38,44)/t25-,26-/m0/s1. The van der Waals surface area contributed by atoms with E-state index in [2.05, 4.69) is 21.3 Å². The minimum Gasteiger partial charge on any atom is -0.460 e. The molecule has 0 unspecified atom stereocenters. The van der Waals surface area contributed by atoms with Crippen LogP contribution in [-0.4, -0.2) is 83.8 Å². The van der Waals surface area contributed by atoms with E-state index in [-0.39, 0.29) is 24.7 Å². The summed E-state index contributed by atoms with van der Waals surface area (Å²) in [7, 11) is 2.23. The van der Waals surface area contributed by atoms with Crippen LogP contribution in [0.15, 0.2) is 60.7 Å². The lowest BCUT2D eigenvalue weighted by atomic mass is 10.2. The van der Waals surface area contributed by atoms with Gasteiger partial charge >= 0.3 is 24.1 Å². The summed E-state index contributed by atoms with van der Waals surface area (Å²) in [5, 5.41) is 9.93. The zero-order chi connectivity index (χ0) is 37.2. The summed E-state index contributed by atoms with van der Waals surface area (Å²) in [6, 6.07) is 15.8. The highest BCUT2D eigenvalue weighted by Gasteiger charge is 2.28. The van der Waals surface area contributed by atoms with Gasteiger partial charge in [0.05, 0.1) is 0 Å². The van der Waals surface area contributed by atoms with Crippen LogP contribution in [0.2, 0.25) is 0 Å². The predicted octanol–water partition coefficient (Wildman–Crippen LogP) is 3.87. The van der Waals surface area contributed by atoms with Crippen molar-refractivity contribution in [2.45, 2.75) is 78.0 Å². The average Bonchev–Trinajstić information content (AvgIpc) is 3.04. The molecule has 2 rings (SSSR count). The van der Waals surface area contributed by atoms with E-state index in [0.29, 0.717) is 0 Å². The van der Waals surface area contributed by atoms with Gasteiger partial charge in [0.15, 0.2) is 0 Å². The third kappa shape index (κ3) is 18.9. The Labute approximate surface area is 300 Å². The SMILES string of the molecule is CC(C)(C)OC(=O)N[C@@H](CSSC[C@H](NC(=O)OC(C)(C)C)C(=O)NCC(=O)OCc1ccccc1)C(=O)NCC(=O)OCc1ccccc1. The number of ether oxygens (including phenoxy) is 4. The van der Waals surface area contributed by atoms with Gasteiger partial charge in [0.2, 0.25) is 11.8 Å². The van der Waals surface area contributed by atoms with Crippen molar-refractivity contribution in [1.29, 1.82) is 0 Å². The molecule has 0 heterocycles. The largest absolute Gasteiger partial charge is 0.460 e. The molecule has 2 aromatic rings. The van der Waals surface area contributed by atoms with Crippen molar-refractivity contribution in [3.05, 3.63) is 71.8 Å². The Morgan fingerprint density at radius 3 is 1.24 bits per heavy atom. The number of amides is 4. The predicted molar refractivity (Wildman–Crippen MR) is 190 cm³/mol. The van der Waals surface area contributed by atoms with Gasteiger partial charge in [-0.05, 0) is 52.7 Å². The van der Waals surface area contributed by atoms with E-state index in [1.54, 1.807) is 90.1 Å². The Morgan fingerprint density at radius 1 is 0.580 bits per heavy atom. The summed E-state index contributed by atoms with van der Waals surface area (Å²) >= 11 is 0. The van der Waals surface area contributed by atoms with Gasteiger partial charge in [-0.15, -0.1) is 0 Å². The van der Waals surface area contributed by atoms with E-state index in [9.17, 15) is 28.8 Å². The fourth-order valence-corrected chi connectivity index (χ4v) is 5.97. The molecule has 0 fully saturated rings. The summed E-state index contributed by atoms with van der Waals surface area (Å²) in [6.07, 6.45) is -1.70. The first-order valence-corrected chi connectivity index (χ1v) is 18.2. The van der Waals surface area contributed by atoms with Crippen molar-refractivity contribution < 1.29 is 47.7 Å². The first-order chi connectivity index (χ1) is 23.5. The summed E-state index contributed by atoms with van der Waals surface area (Å²) in [5.41, 5.74) is -0.117. The summed E-state index contributed by atoms with van der Waals surface area (Å²) in [6.45, 7) is 9.19. The second kappa shape index (κ2) is 20.9. The van der Waals surface area contributed by atoms with Crippen LogP contribution in [-0.2, 0) is 51.3 Å². The third-order valence-electron chi connectivity index (χ3n) is 5.87. The summed E-state index contributed by atoms with van der Waals surface area (Å²) < 4.78 is 21.0. The van der Waals surface area contributed by atoms with Crippen molar-refractivity contribution in [2.24, 2.45) is 0 Å². The van der Waals surface area contributed by atoms with E-state index >= 15 is 0 Å². The van der Waals surface area contributed by atoms with Gasteiger partial charge in [-0.2, -0.15) is 0 Å². The topological polar surface area (TPSA) is 187 Å². The molecule has 2 atom stereocenters. The Morgan fingerprint density at radius 2 is 0.920 bits per heavy atom. The molecular formula is C34H46N4O10S2. The molecular weight excluding hydrogens is 689 g/mol. The van der Waals surface area contributed by atoms with Crippen molar-refractivity contribution in [2.75, 3.05) is 24.6 Å². The fraction of sp³-hybridized carbons (Fsp3) is 0.471. The van der Waals surface area contributed by atoms with Crippen molar-refractivity contribution in [3.8, 4) is 0 Å². The van der Waals surface area contributed by atoms with Gasteiger partial charge in [-0.25, -0.2) is 9.59 Å². The lowest BCUT2D eigenvalue weighted by Gasteiger charge is -2.24. The Hall–Kier alpha value is -4.44. The number of rotatable bonds is 17. The van der Waals surface area contributed by atoms with Crippen molar-refractivity contribution in [3.63, 3.8) is 0 Å². The molecule has 2 aromatic carbocycles. The minimum absolute atomic E-state index is 0.0125. The quantitative estimate of drug-likeness (QED) is 0.0797. The highest BCUT2D eigenvalue weighted by Crippen LogP contribution is 2.24. The Bertz CT molecular complexity index is 1310. The van der Waals surface area contributed by atoms with Gasteiger partial charge in [0, 0.05) is 11.5 Å². The van der Waals surface area contributed by atoms with E-state index < -0.39 is 72.3 Å². The molecule has 0 spiro atoms. The maximum absolute atomic E-state index is 13.0. The van der Waals surface area contributed by atoms with Crippen LogP contribution in [0.3, 0.4) is 0 Å². The molecule has 16 heteroatoms.